The standard InChI is InChI=1S/C26H30O6Si/c1-14(32-33(5,6)26(2,3)4)11-15-12-18(27)21-22-24(30-19-13-20(28)31-25(19)22)17-10-8-7-9-16(17)23(21)29-15/h7-10,12,14,19,25H,11,13H2,1-6H3/t14?,19-,25+/m1/s1. The molecule has 2 aliphatic rings. The zero-order chi connectivity index (χ0) is 23.7. The maximum atomic E-state index is 13.4. The predicted octanol–water partition coefficient (Wildman–Crippen LogP) is 5.65. The lowest BCUT2D eigenvalue weighted by Crippen LogP contribution is -2.43. The Balaban J connectivity index is 1.62. The minimum absolute atomic E-state index is 0.0873. The van der Waals surface area contributed by atoms with Crippen molar-refractivity contribution < 1.29 is 23.1 Å². The second-order valence-electron chi connectivity index (χ2n) is 10.7. The Hall–Kier alpha value is -2.64. The normalized spacial score (nSPS) is 21.1. The van der Waals surface area contributed by atoms with Gasteiger partial charge in [-0.3, -0.25) is 9.59 Å². The molecule has 1 aromatic heterocycles. The van der Waals surface area contributed by atoms with Crippen molar-refractivity contribution in [1.82, 2.24) is 0 Å². The van der Waals surface area contributed by atoms with E-state index < -0.39 is 20.5 Å². The molecule has 174 valence electrons. The van der Waals surface area contributed by atoms with Gasteiger partial charge in [-0.1, -0.05) is 45.0 Å². The van der Waals surface area contributed by atoms with E-state index in [1.54, 1.807) is 6.07 Å². The second-order valence-corrected chi connectivity index (χ2v) is 15.5. The molecule has 0 saturated carbocycles. The lowest BCUT2D eigenvalue weighted by molar-refractivity contribution is -0.141. The van der Waals surface area contributed by atoms with Gasteiger partial charge in [-0.25, -0.2) is 0 Å². The van der Waals surface area contributed by atoms with Crippen LogP contribution in [0.25, 0.3) is 21.7 Å². The van der Waals surface area contributed by atoms with E-state index in [1.807, 2.05) is 31.2 Å². The molecule has 1 saturated heterocycles. The highest BCUT2D eigenvalue weighted by atomic mass is 28.4. The minimum Gasteiger partial charge on any atom is -0.484 e. The van der Waals surface area contributed by atoms with Crippen LogP contribution in [0.15, 0.2) is 39.5 Å². The van der Waals surface area contributed by atoms with Crippen molar-refractivity contribution in [3.05, 3.63) is 51.9 Å². The molecule has 1 fully saturated rings. The molecule has 3 aromatic rings. The molecular weight excluding hydrogens is 436 g/mol. The molecule has 0 N–H and O–H groups in total. The van der Waals surface area contributed by atoms with Crippen LogP contribution in [0.2, 0.25) is 18.1 Å². The molecule has 7 heteroatoms. The van der Waals surface area contributed by atoms with Crippen LogP contribution in [0.3, 0.4) is 0 Å². The van der Waals surface area contributed by atoms with E-state index in [0.717, 1.165) is 10.8 Å². The van der Waals surface area contributed by atoms with Gasteiger partial charge in [-0.05, 0) is 25.1 Å². The molecule has 1 unspecified atom stereocenters. The van der Waals surface area contributed by atoms with Crippen molar-refractivity contribution in [2.45, 2.75) is 77.0 Å². The molecule has 5 rings (SSSR count). The number of rotatable bonds is 4. The van der Waals surface area contributed by atoms with Gasteiger partial charge in [0.05, 0.1) is 17.4 Å². The molecule has 3 atom stereocenters. The zero-order valence-corrected chi connectivity index (χ0v) is 21.0. The smallest absolute Gasteiger partial charge is 0.310 e. The third-order valence-corrected chi connectivity index (χ3v) is 11.8. The summed E-state index contributed by atoms with van der Waals surface area (Å²) in [6, 6.07) is 9.28. The summed E-state index contributed by atoms with van der Waals surface area (Å²) >= 11 is 0. The van der Waals surface area contributed by atoms with Crippen molar-refractivity contribution >= 4 is 36.0 Å². The van der Waals surface area contributed by atoms with E-state index in [9.17, 15) is 9.59 Å². The van der Waals surface area contributed by atoms with Crippen molar-refractivity contribution in [2.24, 2.45) is 0 Å². The fraction of sp³-hybridized carbons (Fsp3) is 0.462. The van der Waals surface area contributed by atoms with Crippen LogP contribution in [0, 0.1) is 0 Å². The molecule has 0 bridgehead atoms. The topological polar surface area (TPSA) is 75.0 Å². The Morgan fingerprint density at radius 2 is 1.82 bits per heavy atom. The maximum absolute atomic E-state index is 13.4. The Morgan fingerprint density at radius 3 is 2.52 bits per heavy atom. The number of carbonyl (C=O) groups excluding carboxylic acids is 1. The fourth-order valence-corrected chi connectivity index (χ4v) is 6.11. The lowest BCUT2D eigenvalue weighted by atomic mass is 9.96. The molecule has 2 aliphatic heterocycles. The van der Waals surface area contributed by atoms with Gasteiger partial charge in [0, 0.05) is 29.4 Å². The summed E-state index contributed by atoms with van der Waals surface area (Å²) in [5, 5.41) is 2.20. The molecule has 0 radical (unpaired) electrons. The van der Waals surface area contributed by atoms with Gasteiger partial charge in [0.1, 0.15) is 17.1 Å². The zero-order valence-electron chi connectivity index (χ0n) is 20.0. The first kappa shape index (κ1) is 22.2. The summed E-state index contributed by atoms with van der Waals surface area (Å²) in [6.45, 7) is 13.1. The average Bonchev–Trinajstić information content (AvgIpc) is 3.23. The van der Waals surface area contributed by atoms with Crippen LogP contribution in [0.4, 0.5) is 0 Å². The van der Waals surface area contributed by atoms with Crippen LogP contribution in [0.5, 0.6) is 5.75 Å². The third-order valence-electron chi connectivity index (χ3n) is 7.24. The number of carbonyl (C=O) groups is 1. The number of hydrogen-bond acceptors (Lipinski definition) is 6. The SMILES string of the molecule is CC(Cc1cc(=O)c2c3c(c4ccccc4c2o1)O[C@@H]1CC(=O)O[C@H]31)O[Si](C)(C)C(C)(C)C. The van der Waals surface area contributed by atoms with Crippen LogP contribution in [-0.4, -0.2) is 26.5 Å². The number of ether oxygens (including phenoxy) is 2. The van der Waals surface area contributed by atoms with Crippen molar-refractivity contribution in [3.63, 3.8) is 0 Å². The van der Waals surface area contributed by atoms with Crippen LogP contribution in [-0.2, 0) is 20.4 Å². The van der Waals surface area contributed by atoms with Gasteiger partial charge < -0.3 is 18.3 Å². The van der Waals surface area contributed by atoms with E-state index in [4.69, 9.17) is 18.3 Å². The summed E-state index contributed by atoms with van der Waals surface area (Å²) < 4.78 is 24.5. The number of hydrogen-bond donors (Lipinski definition) is 0. The molecule has 3 heterocycles. The Kier molecular flexibility index (Phi) is 4.99. The summed E-state index contributed by atoms with van der Waals surface area (Å²) in [4.78, 5) is 25.3. The molecule has 0 aliphatic carbocycles. The van der Waals surface area contributed by atoms with Gasteiger partial charge in [0.15, 0.2) is 26.0 Å². The fourth-order valence-electron chi connectivity index (χ4n) is 4.66. The highest BCUT2D eigenvalue weighted by Crippen LogP contribution is 2.50. The molecule has 2 aromatic carbocycles. The van der Waals surface area contributed by atoms with Gasteiger partial charge in [0.25, 0.3) is 0 Å². The van der Waals surface area contributed by atoms with Gasteiger partial charge in [-0.2, -0.15) is 0 Å². The van der Waals surface area contributed by atoms with Gasteiger partial charge in [-0.15, -0.1) is 0 Å². The number of fused-ring (bicyclic) bond motifs is 8. The summed E-state index contributed by atoms with van der Waals surface area (Å²) in [6.07, 6.45) is -0.384. The maximum Gasteiger partial charge on any atom is 0.310 e. The van der Waals surface area contributed by atoms with Gasteiger partial charge >= 0.3 is 5.97 Å². The molecule has 6 nitrogen and oxygen atoms in total. The van der Waals surface area contributed by atoms with E-state index >= 15 is 0 Å². The van der Waals surface area contributed by atoms with Gasteiger partial charge in [0.2, 0.25) is 0 Å². The summed E-state index contributed by atoms with van der Waals surface area (Å²) in [7, 11) is -1.95. The second kappa shape index (κ2) is 7.43. The Morgan fingerprint density at radius 1 is 1.12 bits per heavy atom. The van der Waals surface area contributed by atoms with Crippen LogP contribution in [0.1, 0.15) is 51.5 Å². The highest BCUT2D eigenvalue weighted by molar-refractivity contribution is 6.74. The van der Waals surface area contributed by atoms with Crippen molar-refractivity contribution in [2.75, 3.05) is 0 Å². The van der Waals surface area contributed by atoms with Crippen molar-refractivity contribution in [1.29, 1.82) is 0 Å². The van der Waals surface area contributed by atoms with E-state index in [-0.39, 0.29) is 29.0 Å². The largest absolute Gasteiger partial charge is 0.484 e. The quantitative estimate of drug-likeness (QED) is 0.281. The van der Waals surface area contributed by atoms with Crippen LogP contribution < -0.4 is 10.2 Å². The monoisotopic (exact) mass is 466 g/mol. The van der Waals surface area contributed by atoms with Crippen LogP contribution >= 0.6 is 0 Å². The molecule has 0 spiro atoms. The third kappa shape index (κ3) is 3.58. The van der Waals surface area contributed by atoms with E-state index in [2.05, 4.69) is 33.9 Å². The molecular formula is C26H30O6Si. The van der Waals surface area contributed by atoms with Crippen molar-refractivity contribution in [3.8, 4) is 5.75 Å². The summed E-state index contributed by atoms with van der Waals surface area (Å²) in [5.74, 6) is 0.896. The molecule has 0 amide bonds. The lowest BCUT2D eigenvalue weighted by Gasteiger charge is -2.38. The average molecular weight is 467 g/mol. The number of benzene rings is 2. The number of esters is 1. The Bertz CT molecular complexity index is 1330. The first-order valence-electron chi connectivity index (χ1n) is 11.5. The highest BCUT2D eigenvalue weighted by Gasteiger charge is 2.47. The first-order valence-corrected chi connectivity index (χ1v) is 14.4. The molecule has 33 heavy (non-hydrogen) atoms. The Labute approximate surface area is 194 Å². The van der Waals surface area contributed by atoms with E-state index in [1.165, 1.54) is 0 Å². The summed E-state index contributed by atoms with van der Waals surface area (Å²) in [5.41, 5.74) is 0.990. The minimum atomic E-state index is -1.95. The van der Waals surface area contributed by atoms with E-state index in [0.29, 0.717) is 34.5 Å². The predicted molar refractivity (Wildman–Crippen MR) is 129 cm³/mol. The first-order chi connectivity index (χ1) is 15.5.